The maximum absolute atomic E-state index is 11.4. The van der Waals surface area contributed by atoms with Crippen LogP contribution in [0.1, 0.15) is 15.9 Å². The van der Waals surface area contributed by atoms with Crippen molar-refractivity contribution >= 4 is 18.0 Å². The van der Waals surface area contributed by atoms with E-state index >= 15 is 0 Å². The molecular weight excluding hydrogens is 316 g/mol. The van der Waals surface area contributed by atoms with Crippen LogP contribution in [0, 0.1) is 0 Å². The second kappa shape index (κ2) is 7.84. The highest BCUT2D eigenvalue weighted by Gasteiger charge is 2.07. The fourth-order valence-corrected chi connectivity index (χ4v) is 2.88. The second-order valence-corrected chi connectivity index (χ2v) is 6.25. The molecule has 0 spiro atoms. The van der Waals surface area contributed by atoms with Crippen molar-refractivity contribution < 1.29 is 9.53 Å². The van der Waals surface area contributed by atoms with Crippen molar-refractivity contribution in [1.82, 2.24) is 0 Å². The SMILES string of the molecule is CSc1ccc(-c2ccc(OCc3ccccc3)c(C=O)c2)cc1. The molecule has 0 amide bonds. The summed E-state index contributed by atoms with van der Waals surface area (Å²) in [6.07, 6.45) is 2.90. The Morgan fingerprint density at radius 2 is 1.62 bits per heavy atom. The lowest BCUT2D eigenvalue weighted by atomic mass is 10.0. The van der Waals surface area contributed by atoms with Gasteiger partial charge in [-0.2, -0.15) is 0 Å². The monoisotopic (exact) mass is 334 g/mol. The van der Waals surface area contributed by atoms with Crippen LogP contribution in [0.2, 0.25) is 0 Å². The van der Waals surface area contributed by atoms with Crippen molar-refractivity contribution in [1.29, 1.82) is 0 Å². The van der Waals surface area contributed by atoms with Crippen LogP contribution in [-0.4, -0.2) is 12.5 Å². The normalized spacial score (nSPS) is 10.4. The van der Waals surface area contributed by atoms with Crippen molar-refractivity contribution in [2.45, 2.75) is 11.5 Å². The highest BCUT2D eigenvalue weighted by molar-refractivity contribution is 7.98. The summed E-state index contributed by atoms with van der Waals surface area (Å²) in [6, 6.07) is 24.0. The Bertz CT molecular complexity index is 811. The molecule has 0 heterocycles. The van der Waals surface area contributed by atoms with Crippen molar-refractivity contribution in [2.75, 3.05) is 6.26 Å². The number of hydrogen-bond donors (Lipinski definition) is 0. The number of carbonyl (C=O) groups is 1. The molecule has 0 bridgehead atoms. The summed E-state index contributed by atoms with van der Waals surface area (Å²) in [7, 11) is 0. The molecular formula is C21H18O2S. The molecule has 3 aromatic rings. The van der Waals surface area contributed by atoms with Gasteiger partial charge >= 0.3 is 0 Å². The number of benzene rings is 3. The van der Waals surface area contributed by atoms with Gasteiger partial charge in [-0.1, -0.05) is 48.5 Å². The number of hydrogen-bond acceptors (Lipinski definition) is 3. The topological polar surface area (TPSA) is 26.3 Å². The van der Waals surface area contributed by atoms with Gasteiger partial charge in [0.1, 0.15) is 12.4 Å². The minimum Gasteiger partial charge on any atom is -0.488 e. The molecule has 0 aliphatic carbocycles. The molecule has 3 aromatic carbocycles. The Hall–Kier alpha value is -2.52. The fraction of sp³-hybridized carbons (Fsp3) is 0.0952. The van der Waals surface area contributed by atoms with Crippen LogP contribution in [0.4, 0.5) is 0 Å². The standard InChI is InChI=1S/C21H18O2S/c1-24-20-10-7-17(8-11-20)18-9-12-21(19(13-18)14-22)23-15-16-5-3-2-4-6-16/h2-14H,15H2,1H3. The van der Waals surface area contributed by atoms with E-state index in [0.717, 1.165) is 23.0 Å². The van der Waals surface area contributed by atoms with Crippen molar-refractivity contribution in [3.8, 4) is 16.9 Å². The maximum atomic E-state index is 11.4. The summed E-state index contributed by atoms with van der Waals surface area (Å²) < 4.78 is 5.81. The molecule has 3 heteroatoms. The molecule has 2 nitrogen and oxygen atoms in total. The first-order valence-electron chi connectivity index (χ1n) is 7.70. The summed E-state index contributed by atoms with van der Waals surface area (Å²) in [5, 5.41) is 0. The van der Waals surface area contributed by atoms with Crippen LogP contribution < -0.4 is 4.74 Å². The van der Waals surface area contributed by atoms with E-state index in [2.05, 4.69) is 30.5 Å². The third-order valence-corrected chi connectivity index (χ3v) is 4.54. The highest BCUT2D eigenvalue weighted by Crippen LogP contribution is 2.28. The third-order valence-electron chi connectivity index (χ3n) is 3.80. The number of aldehydes is 1. The van der Waals surface area contributed by atoms with Gasteiger partial charge in [0.2, 0.25) is 0 Å². The first kappa shape index (κ1) is 16.3. The van der Waals surface area contributed by atoms with Crippen molar-refractivity contribution in [3.05, 3.63) is 83.9 Å². The number of carbonyl (C=O) groups excluding carboxylic acids is 1. The van der Waals surface area contributed by atoms with Gasteiger partial charge in [-0.3, -0.25) is 4.79 Å². The van der Waals surface area contributed by atoms with Crippen LogP contribution in [0.15, 0.2) is 77.7 Å². The summed E-state index contributed by atoms with van der Waals surface area (Å²) in [4.78, 5) is 12.7. The molecule has 0 fully saturated rings. The van der Waals surface area contributed by atoms with Crippen LogP contribution in [0.3, 0.4) is 0 Å². The number of rotatable bonds is 6. The van der Waals surface area contributed by atoms with Gasteiger partial charge in [0, 0.05) is 4.90 Å². The van der Waals surface area contributed by atoms with Crippen LogP contribution >= 0.6 is 11.8 Å². The molecule has 120 valence electrons. The molecule has 0 radical (unpaired) electrons. The zero-order chi connectivity index (χ0) is 16.8. The van der Waals surface area contributed by atoms with E-state index in [-0.39, 0.29) is 0 Å². The third kappa shape index (κ3) is 3.87. The van der Waals surface area contributed by atoms with Crippen molar-refractivity contribution in [2.24, 2.45) is 0 Å². The van der Waals surface area contributed by atoms with E-state index in [1.165, 1.54) is 4.90 Å². The van der Waals surface area contributed by atoms with Crippen molar-refractivity contribution in [3.63, 3.8) is 0 Å². The van der Waals surface area contributed by atoms with Crippen LogP contribution in [-0.2, 0) is 6.61 Å². The predicted octanol–water partition coefficient (Wildman–Crippen LogP) is 5.47. The molecule has 0 aliphatic heterocycles. The summed E-state index contributed by atoms with van der Waals surface area (Å²) in [5.41, 5.74) is 3.74. The molecule has 0 unspecified atom stereocenters. The number of thioether (sulfide) groups is 1. The fourth-order valence-electron chi connectivity index (χ4n) is 2.47. The lowest BCUT2D eigenvalue weighted by molar-refractivity contribution is 0.111. The zero-order valence-corrected chi connectivity index (χ0v) is 14.3. The largest absolute Gasteiger partial charge is 0.488 e. The minimum absolute atomic E-state index is 0.448. The summed E-state index contributed by atoms with van der Waals surface area (Å²) >= 11 is 1.71. The second-order valence-electron chi connectivity index (χ2n) is 5.37. The Balaban J connectivity index is 1.80. The summed E-state index contributed by atoms with van der Waals surface area (Å²) in [6.45, 7) is 0.448. The van der Waals surface area contributed by atoms with E-state index in [1.807, 2.05) is 48.5 Å². The molecule has 0 saturated heterocycles. The zero-order valence-electron chi connectivity index (χ0n) is 13.4. The predicted molar refractivity (Wildman–Crippen MR) is 99.8 cm³/mol. The van der Waals surface area contributed by atoms with Gasteiger partial charge in [0.05, 0.1) is 5.56 Å². The van der Waals surface area contributed by atoms with Gasteiger partial charge in [0.25, 0.3) is 0 Å². The quantitative estimate of drug-likeness (QED) is 0.442. The molecule has 0 aliphatic rings. The average Bonchev–Trinajstić information content (AvgIpc) is 2.67. The van der Waals surface area contributed by atoms with E-state index in [9.17, 15) is 4.79 Å². The highest BCUT2D eigenvalue weighted by atomic mass is 32.2. The van der Waals surface area contributed by atoms with Gasteiger partial charge in [0.15, 0.2) is 6.29 Å². The van der Waals surface area contributed by atoms with Gasteiger partial charge in [-0.25, -0.2) is 0 Å². The molecule has 0 aromatic heterocycles. The lowest BCUT2D eigenvalue weighted by Crippen LogP contribution is -1.98. The maximum Gasteiger partial charge on any atom is 0.153 e. The number of ether oxygens (including phenoxy) is 1. The summed E-state index contributed by atoms with van der Waals surface area (Å²) in [5.74, 6) is 0.610. The first-order valence-corrected chi connectivity index (χ1v) is 8.93. The molecule has 0 atom stereocenters. The first-order chi connectivity index (χ1) is 11.8. The van der Waals surface area contributed by atoms with Gasteiger partial charge < -0.3 is 4.74 Å². The van der Waals surface area contributed by atoms with Crippen LogP contribution in [0.5, 0.6) is 5.75 Å². The Labute approximate surface area is 146 Å². The molecule has 24 heavy (non-hydrogen) atoms. The minimum atomic E-state index is 0.448. The van der Waals surface area contributed by atoms with Gasteiger partial charge in [-0.05, 0) is 47.2 Å². The van der Waals surface area contributed by atoms with E-state index in [1.54, 1.807) is 11.8 Å². The lowest BCUT2D eigenvalue weighted by Gasteiger charge is -2.11. The van der Waals surface area contributed by atoms with Gasteiger partial charge in [-0.15, -0.1) is 11.8 Å². The van der Waals surface area contributed by atoms with Crippen LogP contribution in [0.25, 0.3) is 11.1 Å². The molecule has 3 rings (SSSR count). The molecule has 0 saturated carbocycles. The average molecular weight is 334 g/mol. The Morgan fingerprint density at radius 3 is 2.29 bits per heavy atom. The molecule has 0 N–H and O–H groups in total. The Kier molecular flexibility index (Phi) is 5.34. The van der Waals surface area contributed by atoms with E-state index in [4.69, 9.17) is 4.74 Å². The smallest absolute Gasteiger partial charge is 0.153 e. The van der Waals surface area contributed by atoms with E-state index in [0.29, 0.717) is 17.9 Å². The van der Waals surface area contributed by atoms with E-state index < -0.39 is 0 Å². The Morgan fingerprint density at radius 1 is 0.917 bits per heavy atom.